The number of hydrogen-bond donors (Lipinski definition) is 3. The van der Waals surface area contributed by atoms with Gasteiger partial charge in [-0.3, -0.25) is 4.79 Å². The Bertz CT molecular complexity index is 156. The minimum atomic E-state index is -0.309. The lowest BCUT2D eigenvalue weighted by Gasteiger charge is -2.27. The van der Waals surface area contributed by atoms with Gasteiger partial charge in [-0.15, -0.1) is 0 Å². The largest absolute Gasteiger partial charge is 0.354 e. The van der Waals surface area contributed by atoms with Crippen molar-refractivity contribution in [3.8, 4) is 0 Å². The van der Waals surface area contributed by atoms with Crippen LogP contribution < -0.4 is 16.4 Å². The lowest BCUT2D eigenvalue weighted by atomic mass is 10.0. The number of carbonyl (C=O) groups is 1. The molecular formula is C7H15N3O. The number of rotatable bonds is 0. The Hall–Kier alpha value is -0.610. The minimum Gasteiger partial charge on any atom is -0.354 e. The summed E-state index contributed by atoms with van der Waals surface area (Å²) in [6.07, 6.45) is 0.552. The standard InChI is InChI=1S/C7H15N3O/c1-7(8)4-9-3-2-6(11)10-5-7/h9H,2-5,8H2,1H3,(H,10,11). The summed E-state index contributed by atoms with van der Waals surface area (Å²) in [4.78, 5) is 10.9. The molecule has 0 radical (unpaired) electrons. The second-order valence-corrected chi connectivity index (χ2v) is 3.36. The van der Waals surface area contributed by atoms with Crippen LogP contribution in [0.25, 0.3) is 0 Å². The molecule has 64 valence electrons. The third-order valence-corrected chi connectivity index (χ3v) is 1.75. The quantitative estimate of drug-likeness (QED) is 0.414. The van der Waals surface area contributed by atoms with Crippen molar-refractivity contribution < 1.29 is 4.79 Å². The Morgan fingerprint density at radius 1 is 1.55 bits per heavy atom. The molecule has 4 heteroatoms. The zero-order valence-electron chi connectivity index (χ0n) is 6.81. The molecular weight excluding hydrogens is 142 g/mol. The highest BCUT2D eigenvalue weighted by atomic mass is 16.1. The molecule has 1 amide bonds. The van der Waals surface area contributed by atoms with Crippen molar-refractivity contribution in [2.75, 3.05) is 19.6 Å². The van der Waals surface area contributed by atoms with Crippen LogP contribution >= 0.6 is 0 Å². The average molecular weight is 157 g/mol. The predicted molar refractivity (Wildman–Crippen MR) is 43.1 cm³/mol. The Balaban J connectivity index is 2.44. The van der Waals surface area contributed by atoms with Crippen LogP contribution in [0.15, 0.2) is 0 Å². The van der Waals surface area contributed by atoms with Crippen LogP contribution in [-0.2, 0) is 4.79 Å². The van der Waals surface area contributed by atoms with Crippen molar-refractivity contribution in [3.05, 3.63) is 0 Å². The second kappa shape index (κ2) is 3.19. The molecule has 0 saturated carbocycles. The molecule has 1 aliphatic rings. The van der Waals surface area contributed by atoms with Crippen LogP contribution in [0.3, 0.4) is 0 Å². The first-order chi connectivity index (χ1) is 5.10. The highest BCUT2D eigenvalue weighted by Gasteiger charge is 2.20. The van der Waals surface area contributed by atoms with Gasteiger partial charge in [-0.05, 0) is 6.92 Å². The molecule has 0 bridgehead atoms. The van der Waals surface area contributed by atoms with Crippen LogP contribution in [0.2, 0.25) is 0 Å². The molecule has 1 fully saturated rings. The molecule has 1 atom stereocenters. The van der Waals surface area contributed by atoms with E-state index in [9.17, 15) is 4.79 Å². The lowest BCUT2D eigenvalue weighted by molar-refractivity contribution is -0.121. The third-order valence-electron chi connectivity index (χ3n) is 1.75. The van der Waals surface area contributed by atoms with E-state index in [0.717, 1.165) is 13.1 Å². The van der Waals surface area contributed by atoms with Crippen molar-refractivity contribution in [1.82, 2.24) is 10.6 Å². The van der Waals surface area contributed by atoms with Crippen molar-refractivity contribution in [2.45, 2.75) is 18.9 Å². The van der Waals surface area contributed by atoms with E-state index in [1.165, 1.54) is 0 Å². The van der Waals surface area contributed by atoms with Gasteiger partial charge in [-0.1, -0.05) is 0 Å². The summed E-state index contributed by atoms with van der Waals surface area (Å²) in [5.74, 6) is 0.0777. The topological polar surface area (TPSA) is 67.1 Å². The van der Waals surface area contributed by atoms with Gasteiger partial charge in [0.05, 0.1) is 0 Å². The normalized spacial score (nSPS) is 33.8. The summed E-state index contributed by atoms with van der Waals surface area (Å²) >= 11 is 0. The molecule has 4 nitrogen and oxygen atoms in total. The van der Waals surface area contributed by atoms with Gasteiger partial charge in [0.2, 0.25) is 5.91 Å². The maximum atomic E-state index is 10.9. The molecule has 0 aromatic heterocycles. The summed E-state index contributed by atoms with van der Waals surface area (Å²) < 4.78 is 0. The zero-order valence-corrected chi connectivity index (χ0v) is 6.81. The smallest absolute Gasteiger partial charge is 0.221 e. The highest BCUT2D eigenvalue weighted by molar-refractivity contribution is 5.76. The highest BCUT2D eigenvalue weighted by Crippen LogP contribution is 1.97. The number of amides is 1. The maximum absolute atomic E-state index is 10.9. The molecule has 1 unspecified atom stereocenters. The molecule has 1 aliphatic heterocycles. The van der Waals surface area contributed by atoms with Crippen molar-refractivity contribution in [3.63, 3.8) is 0 Å². The fraction of sp³-hybridized carbons (Fsp3) is 0.857. The molecule has 1 heterocycles. The average Bonchev–Trinajstić information content (AvgIpc) is 1.92. The van der Waals surface area contributed by atoms with Crippen LogP contribution in [0.4, 0.5) is 0 Å². The fourth-order valence-corrected chi connectivity index (χ4v) is 1.03. The van der Waals surface area contributed by atoms with E-state index in [4.69, 9.17) is 5.73 Å². The molecule has 1 rings (SSSR count). The van der Waals surface area contributed by atoms with Gasteiger partial charge < -0.3 is 16.4 Å². The van der Waals surface area contributed by atoms with Crippen molar-refractivity contribution >= 4 is 5.91 Å². The Labute approximate surface area is 66.5 Å². The monoisotopic (exact) mass is 157 g/mol. The molecule has 0 aromatic rings. The summed E-state index contributed by atoms with van der Waals surface area (Å²) in [7, 11) is 0. The number of carbonyl (C=O) groups excluding carboxylic acids is 1. The molecule has 11 heavy (non-hydrogen) atoms. The van der Waals surface area contributed by atoms with Gasteiger partial charge >= 0.3 is 0 Å². The Morgan fingerprint density at radius 2 is 2.27 bits per heavy atom. The van der Waals surface area contributed by atoms with Crippen LogP contribution in [0, 0.1) is 0 Å². The van der Waals surface area contributed by atoms with E-state index in [1.54, 1.807) is 0 Å². The van der Waals surface area contributed by atoms with E-state index in [1.807, 2.05) is 6.92 Å². The minimum absolute atomic E-state index is 0.0777. The van der Waals surface area contributed by atoms with E-state index in [0.29, 0.717) is 13.0 Å². The predicted octanol–water partition coefficient (Wildman–Crippen LogP) is -1.19. The summed E-state index contributed by atoms with van der Waals surface area (Å²) in [6, 6.07) is 0. The summed E-state index contributed by atoms with van der Waals surface area (Å²) in [5.41, 5.74) is 5.52. The zero-order chi connectivity index (χ0) is 8.32. The number of nitrogens with one attached hydrogen (secondary N) is 2. The van der Waals surface area contributed by atoms with Gasteiger partial charge in [0.15, 0.2) is 0 Å². The van der Waals surface area contributed by atoms with E-state index in [2.05, 4.69) is 10.6 Å². The molecule has 1 saturated heterocycles. The van der Waals surface area contributed by atoms with E-state index >= 15 is 0 Å². The van der Waals surface area contributed by atoms with Gasteiger partial charge in [0.25, 0.3) is 0 Å². The first-order valence-electron chi connectivity index (χ1n) is 3.86. The van der Waals surface area contributed by atoms with Crippen molar-refractivity contribution in [2.24, 2.45) is 5.73 Å². The SMILES string of the molecule is CC1(N)CNCCC(=O)NC1. The van der Waals surface area contributed by atoms with Crippen LogP contribution in [-0.4, -0.2) is 31.1 Å². The fourth-order valence-electron chi connectivity index (χ4n) is 1.03. The Morgan fingerprint density at radius 3 is 3.00 bits per heavy atom. The van der Waals surface area contributed by atoms with Crippen LogP contribution in [0.1, 0.15) is 13.3 Å². The van der Waals surface area contributed by atoms with Gasteiger partial charge in [-0.25, -0.2) is 0 Å². The summed E-state index contributed by atoms with van der Waals surface area (Å²) in [6.45, 7) is 3.95. The maximum Gasteiger partial charge on any atom is 0.221 e. The summed E-state index contributed by atoms with van der Waals surface area (Å²) in [5, 5.41) is 5.89. The molecule has 0 aliphatic carbocycles. The first-order valence-corrected chi connectivity index (χ1v) is 3.86. The van der Waals surface area contributed by atoms with Gasteiger partial charge in [0.1, 0.15) is 0 Å². The van der Waals surface area contributed by atoms with Crippen molar-refractivity contribution in [1.29, 1.82) is 0 Å². The number of hydrogen-bond acceptors (Lipinski definition) is 3. The lowest BCUT2D eigenvalue weighted by Crippen LogP contribution is -2.56. The second-order valence-electron chi connectivity index (χ2n) is 3.36. The third kappa shape index (κ3) is 2.86. The van der Waals surface area contributed by atoms with Crippen LogP contribution in [0.5, 0.6) is 0 Å². The van der Waals surface area contributed by atoms with E-state index < -0.39 is 0 Å². The number of nitrogens with two attached hydrogens (primary N) is 1. The van der Waals surface area contributed by atoms with E-state index in [-0.39, 0.29) is 11.4 Å². The Kier molecular flexibility index (Phi) is 2.46. The van der Waals surface area contributed by atoms with Gasteiger partial charge in [0, 0.05) is 31.6 Å². The molecule has 0 aromatic carbocycles. The first kappa shape index (κ1) is 8.49. The molecule has 0 spiro atoms. The van der Waals surface area contributed by atoms with Gasteiger partial charge in [-0.2, -0.15) is 0 Å². The molecule has 4 N–H and O–H groups in total.